The second kappa shape index (κ2) is 4.51. The van der Waals surface area contributed by atoms with Crippen molar-refractivity contribution in [1.82, 2.24) is 10.3 Å². The molecule has 1 N–H and O–H groups in total. The number of nitrogens with zero attached hydrogens (tertiary/aromatic N) is 2. The van der Waals surface area contributed by atoms with Gasteiger partial charge in [-0.05, 0) is 25.1 Å². The molecular formula is C10H11N3OS. The maximum absolute atomic E-state index is 12.0. The molecule has 1 aromatic rings. The van der Waals surface area contributed by atoms with E-state index >= 15 is 0 Å². The summed E-state index contributed by atoms with van der Waals surface area (Å²) in [5, 5.41) is 12.5. The predicted molar refractivity (Wildman–Crippen MR) is 56.6 cm³/mol. The summed E-state index contributed by atoms with van der Waals surface area (Å²) < 4.78 is 12.0. The predicted octanol–water partition coefficient (Wildman–Crippen LogP) is 0.423. The standard InChI is InChI=1S/C10H11N3OS/c11-6-8-1-4-13-10(5-8)15(14)9-2-3-12-7-9/h1,4-5,9,12H,2-3,7H2. The largest absolute Gasteiger partial charge is 0.315 e. The summed E-state index contributed by atoms with van der Waals surface area (Å²) in [5.41, 5.74) is 0.513. The Morgan fingerprint density at radius 3 is 3.20 bits per heavy atom. The van der Waals surface area contributed by atoms with Crippen LogP contribution in [0.4, 0.5) is 0 Å². The second-order valence-corrected chi connectivity index (χ2v) is 5.09. The number of nitriles is 1. The van der Waals surface area contributed by atoms with Crippen LogP contribution in [0.1, 0.15) is 12.0 Å². The summed E-state index contributed by atoms with van der Waals surface area (Å²) in [4.78, 5) is 4.05. The molecule has 0 aromatic carbocycles. The molecule has 0 amide bonds. The normalized spacial score (nSPS) is 22.2. The van der Waals surface area contributed by atoms with Crippen LogP contribution in [0.15, 0.2) is 23.4 Å². The summed E-state index contributed by atoms with van der Waals surface area (Å²) >= 11 is 0. The first-order valence-corrected chi connectivity index (χ1v) is 6.00. The van der Waals surface area contributed by atoms with E-state index in [9.17, 15) is 4.21 Å². The van der Waals surface area contributed by atoms with Gasteiger partial charge in [0.2, 0.25) is 0 Å². The molecule has 0 spiro atoms. The van der Waals surface area contributed by atoms with E-state index in [4.69, 9.17) is 5.26 Å². The van der Waals surface area contributed by atoms with Crippen LogP contribution in [-0.2, 0) is 10.8 Å². The molecule has 1 aliphatic rings. The summed E-state index contributed by atoms with van der Waals surface area (Å²) in [6.07, 6.45) is 2.44. The topological polar surface area (TPSA) is 65.8 Å². The number of rotatable bonds is 2. The minimum absolute atomic E-state index is 0.131. The fraction of sp³-hybridized carbons (Fsp3) is 0.400. The lowest BCUT2D eigenvalue weighted by molar-refractivity contribution is 0.669. The Hall–Kier alpha value is -1.25. The van der Waals surface area contributed by atoms with E-state index in [1.165, 1.54) is 6.20 Å². The van der Waals surface area contributed by atoms with Crippen molar-refractivity contribution in [3.05, 3.63) is 23.9 Å². The van der Waals surface area contributed by atoms with Crippen molar-refractivity contribution in [1.29, 1.82) is 5.26 Å². The quantitative estimate of drug-likeness (QED) is 0.786. The fourth-order valence-electron chi connectivity index (χ4n) is 1.57. The van der Waals surface area contributed by atoms with Gasteiger partial charge in [0.15, 0.2) is 0 Å². The van der Waals surface area contributed by atoms with Gasteiger partial charge in [0.25, 0.3) is 0 Å². The molecule has 15 heavy (non-hydrogen) atoms. The Morgan fingerprint density at radius 2 is 2.53 bits per heavy atom. The van der Waals surface area contributed by atoms with Gasteiger partial charge in [-0.15, -0.1) is 0 Å². The lowest BCUT2D eigenvalue weighted by atomic mass is 10.3. The van der Waals surface area contributed by atoms with Crippen LogP contribution in [0.3, 0.4) is 0 Å². The molecule has 2 heterocycles. The Morgan fingerprint density at radius 1 is 1.67 bits per heavy atom. The Kier molecular flexibility index (Phi) is 3.09. The van der Waals surface area contributed by atoms with E-state index in [2.05, 4.69) is 10.3 Å². The third-order valence-corrected chi connectivity index (χ3v) is 4.03. The van der Waals surface area contributed by atoms with Gasteiger partial charge < -0.3 is 5.32 Å². The minimum Gasteiger partial charge on any atom is -0.315 e. The molecule has 2 atom stereocenters. The van der Waals surface area contributed by atoms with E-state index in [0.717, 1.165) is 19.5 Å². The van der Waals surface area contributed by atoms with Gasteiger partial charge >= 0.3 is 0 Å². The monoisotopic (exact) mass is 221 g/mol. The first-order chi connectivity index (χ1) is 7.31. The molecule has 78 valence electrons. The third-order valence-electron chi connectivity index (χ3n) is 2.39. The Bertz CT molecular complexity index is 421. The van der Waals surface area contributed by atoms with Crippen molar-refractivity contribution in [2.24, 2.45) is 0 Å². The smallest absolute Gasteiger partial charge is 0.128 e. The average molecular weight is 221 g/mol. The van der Waals surface area contributed by atoms with Crippen molar-refractivity contribution >= 4 is 10.8 Å². The van der Waals surface area contributed by atoms with E-state index in [0.29, 0.717) is 10.6 Å². The van der Waals surface area contributed by atoms with Crippen LogP contribution in [0, 0.1) is 11.3 Å². The third kappa shape index (κ3) is 2.22. The lowest BCUT2D eigenvalue weighted by Gasteiger charge is -2.07. The highest BCUT2D eigenvalue weighted by Gasteiger charge is 2.23. The summed E-state index contributed by atoms with van der Waals surface area (Å²) in [6.45, 7) is 1.68. The summed E-state index contributed by atoms with van der Waals surface area (Å²) in [7, 11) is -1.10. The summed E-state index contributed by atoms with van der Waals surface area (Å²) in [6, 6.07) is 5.25. The Balaban J connectivity index is 2.21. The second-order valence-electron chi connectivity index (χ2n) is 3.41. The zero-order chi connectivity index (χ0) is 10.7. The molecular weight excluding hydrogens is 210 g/mol. The van der Waals surface area contributed by atoms with Crippen molar-refractivity contribution in [2.45, 2.75) is 16.7 Å². The number of pyridine rings is 1. The van der Waals surface area contributed by atoms with E-state index < -0.39 is 10.8 Å². The molecule has 0 radical (unpaired) electrons. The number of nitrogens with one attached hydrogen (secondary N) is 1. The van der Waals surface area contributed by atoms with Crippen LogP contribution >= 0.6 is 0 Å². The van der Waals surface area contributed by atoms with Crippen LogP contribution in [0.2, 0.25) is 0 Å². The molecule has 1 saturated heterocycles. The molecule has 0 bridgehead atoms. The van der Waals surface area contributed by atoms with Crippen LogP contribution < -0.4 is 5.32 Å². The van der Waals surface area contributed by atoms with Gasteiger partial charge in [-0.3, -0.25) is 4.21 Å². The molecule has 1 fully saturated rings. The maximum Gasteiger partial charge on any atom is 0.128 e. The van der Waals surface area contributed by atoms with Crippen molar-refractivity contribution < 1.29 is 4.21 Å². The van der Waals surface area contributed by atoms with Crippen molar-refractivity contribution in [2.75, 3.05) is 13.1 Å². The maximum atomic E-state index is 12.0. The molecule has 1 aromatic heterocycles. The van der Waals surface area contributed by atoms with Gasteiger partial charge in [-0.2, -0.15) is 5.26 Å². The van der Waals surface area contributed by atoms with Crippen LogP contribution in [-0.4, -0.2) is 27.5 Å². The number of hydrogen-bond acceptors (Lipinski definition) is 4. The molecule has 2 unspecified atom stereocenters. The molecule has 1 aliphatic heterocycles. The summed E-state index contributed by atoms with van der Waals surface area (Å²) in [5.74, 6) is 0. The molecule has 2 rings (SSSR count). The van der Waals surface area contributed by atoms with Crippen LogP contribution in [0.25, 0.3) is 0 Å². The highest BCUT2D eigenvalue weighted by Crippen LogP contribution is 2.14. The molecule has 0 aliphatic carbocycles. The minimum atomic E-state index is -1.10. The molecule has 5 heteroatoms. The van der Waals surface area contributed by atoms with Gasteiger partial charge in [-0.1, -0.05) is 0 Å². The van der Waals surface area contributed by atoms with Gasteiger partial charge in [0.05, 0.1) is 27.7 Å². The van der Waals surface area contributed by atoms with Gasteiger partial charge in [-0.25, -0.2) is 4.98 Å². The molecule has 4 nitrogen and oxygen atoms in total. The van der Waals surface area contributed by atoms with Crippen molar-refractivity contribution in [3.8, 4) is 6.07 Å². The molecule has 0 saturated carbocycles. The fourth-order valence-corrected chi connectivity index (χ4v) is 2.92. The van der Waals surface area contributed by atoms with Crippen molar-refractivity contribution in [3.63, 3.8) is 0 Å². The van der Waals surface area contributed by atoms with Crippen LogP contribution in [0.5, 0.6) is 0 Å². The number of hydrogen-bond donors (Lipinski definition) is 1. The SMILES string of the molecule is N#Cc1ccnc(S(=O)C2CCNC2)c1. The highest BCUT2D eigenvalue weighted by atomic mass is 32.2. The average Bonchev–Trinajstić information content (AvgIpc) is 2.81. The van der Waals surface area contributed by atoms with E-state index in [-0.39, 0.29) is 5.25 Å². The first-order valence-electron chi connectivity index (χ1n) is 4.78. The first kappa shape index (κ1) is 10.3. The Labute approximate surface area is 90.8 Å². The zero-order valence-electron chi connectivity index (χ0n) is 8.14. The number of aromatic nitrogens is 1. The highest BCUT2D eigenvalue weighted by molar-refractivity contribution is 7.85. The van der Waals surface area contributed by atoms with Gasteiger partial charge in [0.1, 0.15) is 5.03 Å². The lowest BCUT2D eigenvalue weighted by Crippen LogP contribution is -2.19. The van der Waals surface area contributed by atoms with E-state index in [1.54, 1.807) is 12.1 Å². The van der Waals surface area contributed by atoms with E-state index in [1.807, 2.05) is 6.07 Å². The van der Waals surface area contributed by atoms with Gasteiger partial charge in [0, 0.05) is 12.7 Å². The zero-order valence-corrected chi connectivity index (χ0v) is 8.96.